The average Bonchev–Trinajstić information content (AvgIpc) is 3.28. The number of rotatable bonds is 4. The van der Waals surface area contributed by atoms with E-state index in [0.717, 1.165) is 24.0 Å². The van der Waals surface area contributed by atoms with Crippen molar-refractivity contribution in [1.29, 1.82) is 0 Å². The van der Waals surface area contributed by atoms with Gasteiger partial charge in [0.05, 0.1) is 0 Å². The predicted molar refractivity (Wildman–Crippen MR) is 85.1 cm³/mol. The van der Waals surface area contributed by atoms with Gasteiger partial charge in [0.2, 0.25) is 0 Å². The van der Waals surface area contributed by atoms with E-state index in [2.05, 4.69) is 36.2 Å². The van der Waals surface area contributed by atoms with Crippen LogP contribution < -0.4 is 5.32 Å². The number of halogens is 1. The lowest BCUT2D eigenvalue weighted by molar-refractivity contribution is 0.0369. The van der Waals surface area contributed by atoms with Crippen molar-refractivity contribution < 1.29 is 0 Å². The Bertz CT molecular complexity index is 455. The summed E-state index contributed by atoms with van der Waals surface area (Å²) in [5, 5.41) is 4.61. The normalized spacial score (nSPS) is 31.4. The maximum atomic E-state index is 5.99. The smallest absolute Gasteiger partial charge is 0.0406 e. The fraction of sp³-hybridized carbons (Fsp3) is 0.647. The van der Waals surface area contributed by atoms with Gasteiger partial charge in [-0.3, -0.25) is 4.90 Å². The van der Waals surface area contributed by atoms with Gasteiger partial charge in [-0.2, -0.15) is 0 Å². The predicted octanol–water partition coefficient (Wildman–Crippen LogP) is 3.69. The Hall–Kier alpha value is -0.570. The van der Waals surface area contributed by atoms with Gasteiger partial charge in [-0.25, -0.2) is 0 Å². The first-order chi connectivity index (χ1) is 9.60. The van der Waals surface area contributed by atoms with Crippen LogP contribution in [-0.2, 0) is 6.54 Å². The Kier molecular flexibility index (Phi) is 4.07. The van der Waals surface area contributed by atoms with E-state index >= 15 is 0 Å². The second-order valence-corrected chi connectivity index (χ2v) is 7.12. The summed E-state index contributed by atoms with van der Waals surface area (Å²) in [6.45, 7) is 8.01. The lowest BCUT2D eigenvalue weighted by Crippen LogP contribution is -2.63. The number of hydrogen-bond donors (Lipinski definition) is 1. The molecule has 0 radical (unpaired) electrons. The molecule has 1 aliphatic heterocycles. The van der Waals surface area contributed by atoms with Crippen LogP contribution in [0.4, 0.5) is 0 Å². The molecular formula is C17H25ClN2. The molecule has 2 aliphatic rings. The first-order valence-corrected chi connectivity index (χ1v) is 8.21. The highest BCUT2D eigenvalue weighted by atomic mass is 35.5. The summed E-state index contributed by atoms with van der Waals surface area (Å²) in [5.74, 6) is 0.920. The van der Waals surface area contributed by atoms with E-state index in [9.17, 15) is 0 Å². The van der Waals surface area contributed by atoms with Gasteiger partial charge in [0.25, 0.3) is 0 Å². The van der Waals surface area contributed by atoms with Gasteiger partial charge in [-0.05, 0) is 49.8 Å². The van der Waals surface area contributed by atoms with Gasteiger partial charge in [-0.1, -0.05) is 30.7 Å². The Balaban J connectivity index is 1.73. The fourth-order valence-electron chi connectivity index (χ4n) is 3.21. The standard InChI is InChI=1S/C17H25ClN2/c1-3-17(2)12-19-16(14-6-7-14)11-20(17)10-13-4-8-15(18)9-5-13/h4-5,8-9,14,16,19H,3,6-7,10-12H2,1-2H3. The minimum Gasteiger partial charge on any atom is -0.311 e. The van der Waals surface area contributed by atoms with Crippen LogP contribution in [-0.4, -0.2) is 29.6 Å². The van der Waals surface area contributed by atoms with Crippen molar-refractivity contribution in [3.8, 4) is 0 Å². The zero-order valence-corrected chi connectivity index (χ0v) is 13.3. The second-order valence-electron chi connectivity index (χ2n) is 6.68. The van der Waals surface area contributed by atoms with E-state index in [1.807, 2.05) is 12.1 Å². The number of nitrogens with zero attached hydrogens (tertiary/aromatic N) is 1. The monoisotopic (exact) mass is 292 g/mol. The van der Waals surface area contributed by atoms with Crippen LogP contribution in [0.5, 0.6) is 0 Å². The van der Waals surface area contributed by atoms with Crippen LogP contribution in [0.2, 0.25) is 5.02 Å². The minimum atomic E-state index is 0.269. The van der Waals surface area contributed by atoms with E-state index in [1.165, 1.54) is 31.4 Å². The lowest BCUT2D eigenvalue weighted by Gasteiger charge is -2.48. The maximum Gasteiger partial charge on any atom is 0.0406 e. The van der Waals surface area contributed by atoms with E-state index in [4.69, 9.17) is 11.6 Å². The molecule has 1 heterocycles. The molecule has 2 nitrogen and oxygen atoms in total. The first-order valence-electron chi connectivity index (χ1n) is 7.83. The molecule has 0 aromatic heterocycles. The van der Waals surface area contributed by atoms with Crippen molar-refractivity contribution in [3.63, 3.8) is 0 Å². The SMILES string of the molecule is CCC1(C)CNC(C2CC2)CN1Cc1ccc(Cl)cc1. The molecular weight excluding hydrogens is 268 g/mol. The molecule has 1 N–H and O–H groups in total. The molecule has 110 valence electrons. The molecule has 20 heavy (non-hydrogen) atoms. The third-order valence-corrected chi connectivity index (χ3v) is 5.42. The van der Waals surface area contributed by atoms with Gasteiger partial charge in [0, 0.05) is 36.2 Å². The van der Waals surface area contributed by atoms with E-state index in [1.54, 1.807) is 0 Å². The highest BCUT2D eigenvalue weighted by molar-refractivity contribution is 6.30. The van der Waals surface area contributed by atoms with Crippen LogP contribution in [0.25, 0.3) is 0 Å². The zero-order valence-electron chi connectivity index (χ0n) is 12.5. The molecule has 0 amide bonds. The molecule has 1 saturated carbocycles. The molecule has 3 heteroatoms. The Morgan fingerprint density at radius 3 is 2.60 bits per heavy atom. The zero-order chi connectivity index (χ0) is 14.2. The summed E-state index contributed by atoms with van der Waals surface area (Å²) in [4.78, 5) is 2.68. The van der Waals surface area contributed by atoms with Crippen LogP contribution in [0.15, 0.2) is 24.3 Å². The largest absolute Gasteiger partial charge is 0.311 e. The summed E-state index contributed by atoms with van der Waals surface area (Å²) >= 11 is 5.99. The molecule has 2 fully saturated rings. The van der Waals surface area contributed by atoms with Crippen LogP contribution >= 0.6 is 11.6 Å². The van der Waals surface area contributed by atoms with Crippen molar-refractivity contribution >= 4 is 11.6 Å². The summed E-state index contributed by atoms with van der Waals surface area (Å²) in [7, 11) is 0. The molecule has 3 rings (SSSR count). The molecule has 2 unspecified atom stereocenters. The highest BCUT2D eigenvalue weighted by Crippen LogP contribution is 2.36. The summed E-state index contributed by atoms with van der Waals surface area (Å²) in [6, 6.07) is 9.02. The van der Waals surface area contributed by atoms with Gasteiger partial charge in [0.1, 0.15) is 0 Å². The highest BCUT2D eigenvalue weighted by Gasteiger charge is 2.41. The van der Waals surface area contributed by atoms with Crippen molar-refractivity contribution in [2.24, 2.45) is 5.92 Å². The van der Waals surface area contributed by atoms with Crippen LogP contribution in [0, 0.1) is 5.92 Å². The van der Waals surface area contributed by atoms with Crippen molar-refractivity contribution in [1.82, 2.24) is 10.2 Å². The quantitative estimate of drug-likeness (QED) is 0.910. The third-order valence-electron chi connectivity index (χ3n) is 5.17. The topological polar surface area (TPSA) is 15.3 Å². The lowest BCUT2D eigenvalue weighted by atomic mass is 9.90. The Labute approximate surface area is 127 Å². The summed E-state index contributed by atoms with van der Waals surface area (Å²) in [6.07, 6.45) is 4.01. The number of nitrogens with one attached hydrogen (secondary N) is 1. The van der Waals surface area contributed by atoms with E-state index in [-0.39, 0.29) is 5.54 Å². The summed E-state index contributed by atoms with van der Waals surface area (Å²) in [5.41, 5.74) is 1.64. The third kappa shape index (κ3) is 3.03. The summed E-state index contributed by atoms with van der Waals surface area (Å²) < 4.78 is 0. The average molecular weight is 293 g/mol. The minimum absolute atomic E-state index is 0.269. The Morgan fingerprint density at radius 2 is 2.00 bits per heavy atom. The van der Waals surface area contributed by atoms with Gasteiger partial charge in [0.15, 0.2) is 0 Å². The van der Waals surface area contributed by atoms with Crippen molar-refractivity contribution in [2.75, 3.05) is 13.1 Å². The molecule has 1 aromatic carbocycles. The van der Waals surface area contributed by atoms with Gasteiger partial charge < -0.3 is 5.32 Å². The maximum absolute atomic E-state index is 5.99. The van der Waals surface area contributed by atoms with Gasteiger partial charge >= 0.3 is 0 Å². The number of piperazine rings is 1. The fourth-order valence-corrected chi connectivity index (χ4v) is 3.34. The van der Waals surface area contributed by atoms with E-state index in [0.29, 0.717) is 6.04 Å². The molecule has 1 saturated heterocycles. The molecule has 1 aromatic rings. The molecule has 0 spiro atoms. The van der Waals surface area contributed by atoms with Crippen molar-refractivity contribution in [2.45, 2.75) is 51.2 Å². The van der Waals surface area contributed by atoms with E-state index < -0.39 is 0 Å². The number of benzene rings is 1. The molecule has 2 atom stereocenters. The van der Waals surface area contributed by atoms with Crippen LogP contribution in [0.1, 0.15) is 38.7 Å². The number of hydrogen-bond acceptors (Lipinski definition) is 2. The molecule has 1 aliphatic carbocycles. The van der Waals surface area contributed by atoms with Gasteiger partial charge in [-0.15, -0.1) is 0 Å². The Morgan fingerprint density at radius 1 is 1.30 bits per heavy atom. The second kappa shape index (κ2) is 5.67. The van der Waals surface area contributed by atoms with Crippen LogP contribution in [0.3, 0.4) is 0 Å². The molecule has 0 bridgehead atoms. The van der Waals surface area contributed by atoms with Crippen molar-refractivity contribution in [3.05, 3.63) is 34.9 Å². The first kappa shape index (κ1) is 14.4.